The number of rotatable bonds is 3. The van der Waals surface area contributed by atoms with Crippen LogP contribution < -0.4 is 5.32 Å². The zero-order valence-electron chi connectivity index (χ0n) is 9.83. The molecule has 3 N–H and O–H groups in total. The van der Waals surface area contributed by atoms with Crippen molar-refractivity contribution in [3.63, 3.8) is 0 Å². The minimum atomic E-state index is -5.23. The van der Waals surface area contributed by atoms with Crippen LogP contribution in [-0.2, 0) is 24.4 Å². The Morgan fingerprint density at radius 3 is 1.94 bits per heavy atom. The number of amides is 1. The minimum absolute atomic E-state index is 0.964. The fraction of sp³-hybridized carbons (Fsp3) is 0.625. The molecule has 0 bridgehead atoms. The van der Waals surface area contributed by atoms with Gasteiger partial charge in [-0.05, 0) is 20.8 Å². The lowest BCUT2D eigenvalue weighted by Crippen LogP contribution is -2.50. The summed E-state index contributed by atoms with van der Waals surface area (Å²) in [5.41, 5.74) is -0.964. The van der Waals surface area contributed by atoms with Crippen molar-refractivity contribution in [2.45, 2.75) is 32.4 Å². The lowest BCUT2D eigenvalue weighted by atomic mass is 10.2. The zero-order valence-corrected chi connectivity index (χ0v) is 10.6. The van der Waals surface area contributed by atoms with E-state index in [-0.39, 0.29) is 0 Å². The molecule has 0 aliphatic heterocycles. The normalized spacial score (nSPS) is 13.6. The molecule has 1 amide bonds. The summed E-state index contributed by atoms with van der Waals surface area (Å²) in [5.74, 6) is -1.94. The molecule has 0 spiro atoms. The number of ether oxygens (including phenoxy) is 1. The molecule has 0 saturated heterocycles. The minimum Gasteiger partial charge on any atom is -0.479 e. The topological polar surface area (TPSA) is 147 Å². The van der Waals surface area contributed by atoms with Crippen LogP contribution in [0, 0.1) is 0 Å². The standard InChI is InChI=1S/C8H13NO8S/c1-8(2,3)17-7(13)9-4(5(10)11)6(12)18(14,15)16/h4H,1-3H3,(H,9,13)(H,10,11)(H,14,15,16). The second kappa shape index (κ2) is 5.31. The van der Waals surface area contributed by atoms with Gasteiger partial charge in [0.05, 0.1) is 0 Å². The van der Waals surface area contributed by atoms with Crippen LogP contribution in [0.15, 0.2) is 0 Å². The van der Waals surface area contributed by atoms with Crippen LogP contribution in [-0.4, -0.2) is 46.9 Å². The zero-order chi connectivity index (χ0) is 14.7. The monoisotopic (exact) mass is 283 g/mol. The quantitative estimate of drug-likeness (QED) is 0.458. The molecule has 104 valence electrons. The van der Waals surface area contributed by atoms with Crippen molar-refractivity contribution in [2.75, 3.05) is 0 Å². The molecule has 9 nitrogen and oxygen atoms in total. The molecule has 0 aromatic carbocycles. The number of carbonyl (C=O) groups is 3. The van der Waals surface area contributed by atoms with Gasteiger partial charge >= 0.3 is 27.3 Å². The van der Waals surface area contributed by atoms with Crippen molar-refractivity contribution < 1.29 is 37.2 Å². The highest BCUT2D eigenvalue weighted by Gasteiger charge is 2.37. The number of alkyl carbamates (subject to hydrolysis) is 1. The average molecular weight is 283 g/mol. The molecule has 1 atom stereocenters. The van der Waals surface area contributed by atoms with Gasteiger partial charge < -0.3 is 15.2 Å². The van der Waals surface area contributed by atoms with Crippen LogP contribution in [0.3, 0.4) is 0 Å². The Labute approximate surface area is 103 Å². The van der Waals surface area contributed by atoms with Gasteiger partial charge in [-0.25, -0.2) is 9.59 Å². The number of carboxylic acid groups (broad SMARTS) is 1. The summed E-state index contributed by atoms with van der Waals surface area (Å²) in [6.45, 7) is 4.44. The van der Waals surface area contributed by atoms with Crippen molar-refractivity contribution in [3.05, 3.63) is 0 Å². The van der Waals surface area contributed by atoms with Gasteiger partial charge in [0.1, 0.15) is 5.60 Å². The first kappa shape index (κ1) is 16.3. The number of hydrogen-bond acceptors (Lipinski definition) is 6. The van der Waals surface area contributed by atoms with E-state index in [1.165, 1.54) is 26.1 Å². The summed E-state index contributed by atoms with van der Waals surface area (Å²) in [4.78, 5) is 32.8. The van der Waals surface area contributed by atoms with Crippen molar-refractivity contribution in [2.24, 2.45) is 0 Å². The second-order valence-electron chi connectivity index (χ2n) is 4.21. The van der Waals surface area contributed by atoms with E-state index in [0.717, 1.165) is 0 Å². The van der Waals surface area contributed by atoms with E-state index in [9.17, 15) is 22.8 Å². The van der Waals surface area contributed by atoms with E-state index in [0.29, 0.717) is 0 Å². The third-order valence-electron chi connectivity index (χ3n) is 1.40. The molecule has 0 saturated carbocycles. The van der Waals surface area contributed by atoms with Gasteiger partial charge in [-0.15, -0.1) is 0 Å². The summed E-state index contributed by atoms with van der Waals surface area (Å²) in [7, 11) is -5.23. The highest BCUT2D eigenvalue weighted by Crippen LogP contribution is 2.07. The first-order valence-electron chi connectivity index (χ1n) is 4.58. The fourth-order valence-electron chi connectivity index (χ4n) is 0.796. The lowest BCUT2D eigenvalue weighted by molar-refractivity contribution is -0.141. The highest BCUT2D eigenvalue weighted by atomic mass is 32.2. The molecule has 0 radical (unpaired) electrons. The number of nitrogens with one attached hydrogen (secondary N) is 1. The molecule has 0 aliphatic carbocycles. The maximum absolute atomic E-state index is 11.2. The molecule has 0 aromatic heterocycles. The van der Waals surface area contributed by atoms with Gasteiger partial charge in [0, 0.05) is 0 Å². The lowest BCUT2D eigenvalue weighted by Gasteiger charge is -2.21. The van der Waals surface area contributed by atoms with Crippen molar-refractivity contribution in [1.82, 2.24) is 5.32 Å². The average Bonchev–Trinajstić information content (AvgIpc) is 2.08. The van der Waals surface area contributed by atoms with Crippen LogP contribution in [0.5, 0.6) is 0 Å². The van der Waals surface area contributed by atoms with E-state index in [4.69, 9.17) is 9.66 Å². The van der Waals surface area contributed by atoms with Crippen LogP contribution in [0.1, 0.15) is 20.8 Å². The van der Waals surface area contributed by atoms with Gasteiger partial charge in [-0.1, -0.05) is 0 Å². The number of carboxylic acids is 1. The molecule has 0 aliphatic rings. The van der Waals surface area contributed by atoms with Crippen molar-refractivity contribution in [3.8, 4) is 0 Å². The van der Waals surface area contributed by atoms with Gasteiger partial charge in [0.2, 0.25) is 6.04 Å². The summed E-state index contributed by atoms with van der Waals surface area (Å²) < 4.78 is 34.0. The van der Waals surface area contributed by atoms with Crippen LogP contribution in [0.2, 0.25) is 0 Å². The molecule has 0 aromatic rings. The Kier molecular flexibility index (Phi) is 4.82. The van der Waals surface area contributed by atoms with Crippen molar-refractivity contribution >= 4 is 27.3 Å². The molecular formula is C8H13NO8S. The largest absolute Gasteiger partial charge is 0.479 e. The van der Waals surface area contributed by atoms with E-state index in [1.807, 2.05) is 0 Å². The third-order valence-corrected chi connectivity index (χ3v) is 2.14. The molecule has 0 fully saturated rings. The van der Waals surface area contributed by atoms with Crippen molar-refractivity contribution in [1.29, 1.82) is 0 Å². The predicted molar refractivity (Wildman–Crippen MR) is 57.3 cm³/mol. The maximum atomic E-state index is 11.2. The first-order valence-corrected chi connectivity index (χ1v) is 6.02. The Bertz CT molecular complexity index is 460. The second-order valence-corrected chi connectivity index (χ2v) is 5.56. The summed E-state index contributed by atoms with van der Waals surface area (Å²) in [6.07, 6.45) is -1.30. The summed E-state index contributed by atoms with van der Waals surface area (Å²) in [5, 5.41) is 8.06. The van der Waals surface area contributed by atoms with E-state index >= 15 is 0 Å². The van der Waals surface area contributed by atoms with E-state index < -0.39 is 38.9 Å². The summed E-state index contributed by atoms with van der Waals surface area (Å²) in [6, 6.07) is -2.44. The fourth-order valence-corrected chi connectivity index (χ4v) is 1.25. The molecule has 18 heavy (non-hydrogen) atoms. The van der Waals surface area contributed by atoms with Gasteiger partial charge in [0.15, 0.2) is 0 Å². The summed E-state index contributed by atoms with van der Waals surface area (Å²) >= 11 is 0. The number of hydrogen-bond donors (Lipinski definition) is 3. The van der Waals surface area contributed by atoms with Gasteiger partial charge in [-0.2, -0.15) is 8.42 Å². The van der Waals surface area contributed by atoms with Crippen LogP contribution in [0.4, 0.5) is 4.79 Å². The van der Waals surface area contributed by atoms with Crippen LogP contribution in [0.25, 0.3) is 0 Å². The van der Waals surface area contributed by atoms with E-state index in [1.54, 1.807) is 0 Å². The number of aliphatic carboxylic acids is 1. The molecule has 10 heteroatoms. The van der Waals surface area contributed by atoms with Gasteiger partial charge in [0.25, 0.3) is 0 Å². The predicted octanol–water partition coefficient (Wildman–Crippen LogP) is -0.621. The molecule has 0 rings (SSSR count). The first-order chi connectivity index (χ1) is 7.84. The van der Waals surface area contributed by atoms with E-state index in [2.05, 4.69) is 4.74 Å². The third kappa shape index (κ3) is 5.59. The van der Waals surface area contributed by atoms with Gasteiger partial charge in [-0.3, -0.25) is 9.35 Å². The smallest absolute Gasteiger partial charge is 0.408 e. The number of carbonyl (C=O) groups excluding carboxylic acids is 2. The Hall–Kier alpha value is -1.68. The Balaban J connectivity index is 4.93. The van der Waals surface area contributed by atoms with Crippen LogP contribution >= 0.6 is 0 Å². The maximum Gasteiger partial charge on any atom is 0.408 e. The highest BCUT2D eigenvalue weighted by molar-refractivity contribution is 8.01. The molecular weight excluding hydrogens is 270 g/mol. The SMILES string of the molecule is CC(C)(C)OC(=O)NC(C(=O)O)C(=O)S(=O)(=O)O. The Morgan fingerprint density at radius 1 is 1.22 bits per heavy atom. The molecule has 1 unspecified atom stereocenters. The Morgan fingerprint density at radius 2 is 1.67 bits per heavy atom. The molecule has 0 heterocycles.